The summed E-state index contributed by atoms with van der Waals surface area (Å²) < 4.78 is 21.2. The molecule has 8 nitrogen and oxygen atoms in total. The molecule has 2 aromatic heterocycles. The molecule has 4 aromatic rings. The van der Waals surface area contributed by atoms with Crippen molar-refractivity contribution in [2.75, 3.05) is 26.1 Å². The van der Waals surface area contributed by atoms with Crippen molar-refractivity contribution in [3.63, 3.8) is 0 Å². The molecule has 0 bridgehead atoms. The molecule has 0 aliphatic carbocycles. The Bertz CT molecular complexity index is 1440. The van der Waals surface area contributed by atoms with Gasteiger partial charge in [-0.05, 0) is 36.8 Å². The molecule has 2 aromatic carbocycles. The summed E-state index contributed by atoms with van der Waals surface area (Å²) in [4.78, 5) is 38.2. The average Bonchev–Trinajstić information content (AvgIpc) is 3.26. The molecule has 0 saturated heterocycles. The third-order valence-electron chi connectivity index (χ3n) is 5.08. The SMILES string of the molecule is CCOC(=O)c1c(-c2ccc(OC)c(OC)c2)csc1NC(=O)c1cc2ccccc2oc1=O. The predicted molar refractivity (Wildman–Crippen MR) is 129 cm³/mol. The third kappa shape index (κ3) is 4.38. The number of amides is 1. The number of anilines is 1. The molecule has 0 aliphatic heterocycles. The lowest BCUT2D eigenvalue weighted by Crippen LogP contribution is -2.21. The Balaban J connectivity index is 1.75. The van der Waals surface area contributed by atoms with Gasteiger partial charge < -0.3 is 23.9 Å². The van der Waals surface area contributed by atoms with E-state index in [1.807, 2.05) is 0 Å². The molecule has 0 fully saturated rings. The maximum absolute atomic E-state index is 13.0. The van der Waals surface area contributed by atoms with Gasteiger partial charge in [-0.15, -0.1) is 11.3 Å². The Hall–Kier alpha value is -4.11. The van der Waals surface area contributed by atoms with E-state index in [0.717, 1.165) is 11.3 Å². The van der Waals surface area contributed by atoms with E-state index in [9.17, 15) is 14.4 Å². The first-order valence-corrected chi connectivity index (χ1v) is 11.2. The van der Waals surface area contributed by atoms with Crippen molar-refractivity contribution in [3.8, 4) is 22.6 Å². The lowest BCUT2D eigenvalue weighted by Gasteiger charge is -2.11. The number of benzene rings is 2. The number of methoxy groups -OCH3 is 2. The number of hydrogen-bond donors (Lipinski definition) is 1. The summed E-state index contributed by atoms with van der Waals surface area (Å²) in [6.07, 6.45) is 0. The summed E-state index contributed by atoms with van der Waals surface area (Å²) in [7, 11) is 3.05. The number of thiophene rings is 1. The quantitative estimate of drug-likeness (QED) is 0.295. The van der Waals surface area contributed by atoms with Gasteiger partial charge in [0.25, 0.3) is 5.91 Å². The topological polar surface area (TPSA) is 104 Å². The van der Waals surface area contributed by atoms with Crippen LogP contribution in [-0.4, -0.2) is 32.7 Å². The van der Waals surface area contributed by atoms with Crippen molar-refractivity contribution >= 4 is 39.2 Å². The third-order valence-corrected chi connectivity index (χ3v) is 5.97. The normalized spacial score (nSPS) is 10.7. The Labute approximate surface area is 198 Å². The lowest BCUT2D eigenvalue weighted by atomic mass is 10.0. The van der Waals surface area contributed by atoms with Crippen molar-refractivity contribution in [1.29, 1.82) is 0 Å². The van der Waals surface area contributed by atoms with Gasteiger partial charge in [0, 0.05) is 16.3 Å². The molecule has 174 valence electrons. The molecule has 34 heavy (non-hydrogen) atoms. The van der Waals surface area contributed by atoms with E-state index >= 15 is 0 Å². The van der Waals surface area contributed by atoms with Gasteiger partial charge in [-0.1, -0.05) is 24.3 Å². The van der Waals surface area contributed by atoms with E-state index in [4.69, 9.17) is 18.6 Å². The van der Waals surface area contributed by atoms with Crippen molar-refractivity contribution in [1.82, 2.24) is 0 Å². The van der Waals surface area contributed by atoms with Gasteiger partial charge in [-0.3, -0.25) is 4.79 Å². The van der Waals surface area contributed by atoms with Gasteiger partial charge in [0.2, 0.25) is 0 Å². The Morgan fingerprint density at radius 1 is 1.03 bits per heavy atom. The molecule has 0 spiro atoms. The number of carbonyl (C=O) groups is 2. The number of esters is 1. The lowest BCUT2D eigenvalue weighted by molar-refractivity contribution is 0.0529. The van der Waals surface area contributed by atoms with Gasteiger partial charge in [-0.25, -0.2) is 9.59 Å². The van der Waals surface area contributed by atoms with E-state index in [1.165, 1.54) is 20.3 Å². The van der Waals surface area contributed by atoms with Crippen LogP contribution in [0.4, 0.5) is 5.00 Å². The molecule has 0 saturated carbocycles. The highest BCUT2D eigenvalue weighted by Gasteiger charge is 2.25. The zero-order valence-corrected chi connectivity index (χ0v) is 19.5. The van der Waals surface area contributed by atoms with Crippen LogP contribution in [0.25, 0.3) is 22.1 Å². The smallest absolute Gasteiger partial charge is 0.349 e. The first kappa shape index (κ1) is 23.1. The molecular formula is C25H21NO7S. The summed E-state index contributed by atoms with van der Waals surface area (Å²) in [6.45, 7) is 1.85. The molecule has 1 N–H and O–H groups in total. The van der Waals surface area contributed by atoms with Crippen LogP contribution < -0.4 is 20.4 Å². The summed E-state index contributed by atoms with van der Waals surface area (Å²) in [5.74, 6) is -0.267. The molecule has 0 atom stereocenters. The van der Waals surface area contributed by atoms with Crippen molar-refractivity contribution in [3.05, 3.63) is 75.5 Å². The number of hydrogen-bond acceptors (Lipinski definition) is 8. The maximum atomic E-state index is 13.0. The largest absolute Gasteiger partial charge is 0.493 e. The first-order valence-electron chi connectivity index (χ1n) is 10.3. The van der Waals surface area contributed by atoms with Crippen LogP contribution in [0.3, 0.4) is 0 Å². The zero-order valence-electron chi connectivity index (χ0n) is 18.7. The summed E-state index contributed by atoms with van der Waals surface area (Å²) in [5.41, 5.74) is 0.828. The van der Waals surface area contributed by atoms with Crippen molar-refractivity contribution < 1.29 is 28.2 Å². The van der Waals surface area contributed by atoms with Gasteiger partial charge in [0.15, 0.2) is 11.5 Å². The second kappa shape index (κ2) is 9.80. The van der Waals surface area contributed by atoms with Gasteiger partial charge in [0.05, 0.1) is 20.8 Å². The highest BCUT2D eigenvalue weighted by Crippen LogP contribution is 2.39. The van der Waals surface area contributed by atoms with E-state index in [-0.39, 0.29) is 22.7 Å². The maximum Gasteiger partial charge on any atom is 0.349 e. The molecule has 0 aliphatic rings. The van der Waals surface area contributed by atoms with Crippen LogP contribution in [0.1, 0.15) is 27.6 Å². The Kier molecular flexibility index (Phi) is 6.65. The van der Waals surface area contributed by atoms with Crippen molar-refractivity contribution in [2.45, 2.75) is 6.92 Å². The molecule has 1 amide bonds. The summed E-state index contributed by atoms with van der Waals surface area (Å²) in [5, 5.41) is 5.26. The minimum absolute atomic E-state index is 0.154. The number of ether oxygens (including phenoxy) is 3. The van der Waals surface area contributed by atoms with E-state index < -0.39 is 17.5 Å². The van der Waals surface area contributed by atoms with Crippen LogP contribution in [0.2, 0.25) is 0 Å². The monoisotopic (exact) mass is 479 g/mol. The fourth-order valence-corrected chi connectivity index (χ4v) is 4.42. The van der Waals surface area contributed by atoms with Gasteiger partial charge in [-0.2, -0.15) is 0 Å². The first-order chi connectivity index (χ1) is 16.5. The van der Waals surface area contributed by atoms with Gasteiger partial charge in [0.1, 0.15) is 21.7 Å². The highest BCUT2D eigenvalue weighted by molar-refractivity contribution is 7.15. The fraction of sp³-hybridized carbons (Fsp3) is 0.160. The molecule has 0 radical (unpaired) electrons. The van der Waals surface area contributed by atoms with Crippen LogP contribution in [-0.2, 0) is 4.74 Å². The van der Waals surface area contributed by atoms with Crippen LogP contribution in [0, 0.1) is 0 Å². The van der Waals surface area contributed by atoms with E-state index in [1.54, 1.807) is 54.8 Å². The standard InChI is InChI=1S/C25H21NO7S/c1-4-32-25(29)21-17(14-9-10-19(30-2)20(12-14)31-3)13-34-23(21)26-22(27)16-11-15-7-5-6-8-18(15)33-24(16)28/h5-13H,4H2,1-3H3,(H,26,27). The molecule has 2 heterocycles. The van der Waals surface area contributed by atoms with Crippen molar-refractivity contribution in [2.24, 2.45) is 0 Å². The molecular weight excluding hydrogens is 458 g/mol. The summed E-state index contributed by atoms with van der Waals surface area (Å²) >= 11 is 1.14. The molecule has 0 unspecified atom stereocenters. The molecule has 4 rings (SSSR count). The Morgan fingerprint density at radius 2 is 1.79 bits per heavy atom. The number of rotatable bonds is 7. The fourth-order valence-electron chi connectivity index (χ4n) is 3.46. The number of nitrogens with one attached hydrogen (secondary N) is 1. The minimum Gasteiger partial charge on any atom is -0.493 e. The average molecular weight is 480 g/mol. The van der Waals surface area contributed by atoms with E-state index in [0.29, 0.717) is 33.6 Å². The molecule has 9 heteroatoms. The highest BCUT2D eigenvalue weighted by atomic mass is 32.1. The zero-order chi connectivity index (χ0) is 24.2. The van der Waals surface area contributed by atoms with Crippen LogP contribution in [0.5, 0.6) is 11.5 Å². The van der Waals surface area contributed by atoms with Gasteiger partial charge >= 0.3 is 11.6 Å². The Morgan fingerprint density at radius 3 is 2.53 bits per heavy atom. The number of fused-ring (bicyclic) bond motifs is 1. The predicted octanol–water partition coefficient (Wildman–Crippen LogP) is 4.97. The summed E-state index contributed by atoms with van der Waals surface area (Å²) in [6, 6.07) is 13.6. The second-order valence-electron chi connectivity index (χ2n) is 7.08. The number of carbonyl (C=O) groups excluding carboxylic acids is 2. The van der Waals surface area contributed by atoms with E-state index in [2.05, 4.69) is 5.32 Å². The number of para-hydroxylation sites is 1. The minimum atomic E-state index is -0.773. The second-order valence-corrected chi connectivity index (χ2v) is 7.96. The van der Waals surface area contributed by atoms with Crippen LogP contribution in [0.15, 0.2) is 63.1 Å². The van der Waals surface area contributed by atoms with Crippen LogP contribution >= 0.6 is 11.3 Å².